The van der Waals surface area contributed by atoms with Crippen LogP contribution in [0.15, 0.2) is 24.3 Å². The minimum Gasteiger partial charge on any atom is -0.380 e. The SMILES string of the molecule is CCOCC(C)NCc1ccc(N2CCCCC2)cc1. The van der Waals surface area contributed by atoms with E-state index in [4.69, 9.17) is 4.74 Å². The van der Waals surface area contributed by atoms with Gasteiger partial charge in [0.1, 0.15) is 0 Å². The lowest BCUT2D eigenvalue weighted by molar-refractivity contribution is 0.127. The summed E-state index contributed by atoms with van der Waals surface area (Å²) in [5.74, 6) is 0. The zero-order chi connectivity index (χ0) is 14.2. The third-order valence-electron chi connectivity index (χ3n) is 3.88. The minimum atomic E-state index is 0.400. The number of rotatable bonds is 7. The third kappa shape index (κ3) is 4.80. The average Bonchev–Trinajstić information content (AvgIpc) is 2.52. The first-order chi connectivity index (χ1) is 9.79. The molecule has 1 aromatic rings. The van der Waals surface area contributed by atoms with E-state index >= 15 is 0 Å². The standard InChI is InChI=1S/C17H28N2O/c1-3-20-14-15(2)18-13-16-7-9-17(10-8-16)19-11-5-4-6-12-19/h7-10,15,18H,3-6,11-14H2,1-2H3. The Morgan fingerprint density at radius 3 is 2.50 bits per heavy atom. The van der Waals surface area contributed by atoms with Crippen LogP contribution in [-0.2, 0) is 11.3 Å². The number of benzene rings is 1. The Labute approximate surface area is 123 Å². The van der Waals surface area contributed by atoms with Gasteiger partial charge < -0.3 is 15.0 Å². The summed E-state index contributed by atoms with van der Waals surface area (Å²) in [6, 6.07) is 9.40. The maximum Gasteiger partial charge on any atom is 0.0616 e. The van der Waals surface area contributed by atoms with Crippen molar-refractivity contribution >= 4 is 5.69 Å². The van der Waals surface area contributed by atoms with Crippen molar-refractivity contribution in [2.24, 2.45) is 0 Å². The van der Waals surface area contributed by atoms with Crippen LogP contribution in [0.5, 0.6) is 0 Å². The molecule has 1 N–H and O–H groups in total. The fraction of sp³-hybridized carbons (Fsp3) is 0.647. The zero-order valence-electron chi connectivity index (χ0n) is 12.9. The Balaban J connectivity index is 1.79. The van der Waals surface area contributed by atoms with Gasteiger partial charge in [-0.2, -0.15) is 0 Å². The molecule has 0 spiro atoms. The van der Waals surface area contributed by atoms with Gasteiger partial charge in [0, 0.05) is 38.0 Å². The molecule has 1 aliphatic rings. The van der Waals surface area contributed by atoms with E-state index in [0.717, 1.165) is 19.8 Å². The Hall–Kier alpha value is -1.06. The van der Waals surface area contributed by atoms with Crippen molar-refractivity contribution in [2.45, 2.75) is 45.7 Å². The molecule has 3 nitrogen and oxygen atoms in total. The smallest absolute Gasteiger partial charge is 0.0616 e. The summed E-state index contributed by atoms with van der Waals surface area (Å²) in [5, 5.41) is 3.49. The largest absolute Gasteiger partial charge is 0.380 e. The van der Waals surface area contributed by atoms with Crippen molar-refractivity contribution in [3.63, 3.8) is 0 Å². The van der Waals surface area contributed by atoms with Gasteiger partial charge >= 0.3 is 0 Å². The number of hydrogen-bond donors (Lipinski definition) is 1. The Bertz CT molecular complexity index is 371. The van der Waals surface area contributed by atoms with E-state index < -0.39 is 0 Å². The summed E-state index contributed by atoms with van der Waals surface area (Å²) in [6.45, 7) is 9.10. The number of nitrogens with zero attached hydrogens (tertiary/aromatic N) is 1. The summed E-state index contributed by atoms with van der Waals surface area (Å²) >= 11 is 0. The van der Waals surface area contributed by atoms with Crippen molar-refractivity contribution in [3.8, 4) is 0 Å². The molecule has 1 atom stereocenters. The molecule has 0 saturated carbocycles. The molecule has 3 heteroatoms. The molecular formula is C17H28N2O. The van der Waals surface area contributed by atoms with E-state index in [1.165, 1.54) is 43.6 Å². The van der Waals surface area contributed by atoms with Crippen LogP contribution in [-0.4, -0.2) is 32.3 Å². The van der Waals surface area contributed by atoms with Gasteiger partial charge in [-0.1, -0.05) is 12.1 Å². The highest BCUT2D eigenvalue weighted by atomic mass is 16.5. The number of anilines is 1. The molecule has 1 aliphatic heterocycles. The lowest BCUT2D eigenvalue weighted by atomic mass is 10.1. The maximum absolute atomic E-state index is 5.41. The first-order valence-electron chi connectivity index (χ1n) is 7.94. The fourth-order valence-electron chi connectivity index (χ4n) is 2.62. The number of ether oxygens (including phenoxy) is 1. The van der Waals surface area contributed by atoms with Crippen molar-refractivity contribution in [1.82, 2.24) is 5.32 Å². The molecular weight excluding hydrogens is 248 g/mol. The van der Waals surface area contributed by atoms with Crippen molar-refractivity contribution in [3.05, 3.63) is 29.8 Å². The van der Waals surface area contributed by atoms with E-state index in [9.17, 15) is 0 Å². The molecule has 112 valence electrons. The molecule has 1 saturated heterocycles. The molecule has 1 fully saturated rings. The second-order valence-corrected chi connectivity index (χ2v) is 5.66. The van der Waals surface area contributed by atoms with Crippen molar-refractivity contribution < 1.29 is 4.74 Å². The summed E-state index contributed by atoms with van der Waals surface area (Å²) in [6.07, 6.45) is 4.05. The highest BCUT2D eigenvalue weighted by molar-refractivity contribution is 5.47. The Kier molecular flexibility index (Phi) is 6.34. The molecule has 2 rings (SSSR count). The second-order valence-electron chi connectivity index (χ2n) is 5.66. The van der Waals surface area contributed by atoms with E-state index in [0.29, 0.717) is 6.04 Å². The van der Waals surface area contributed by atoms with Crippen LogP contribution >= 0.6 is 0 Å². The average molecular weight is 276 g/mol. The lowest BCUT2D eigenvalue weighted by Gasteiger charge is -2.28. The third-order valence-corrected chi connectivity index (χ3v) is 3.88. The lowest BCUT2D eigenvalue weighted by Crippen LogP contribution is -2.30. The van der Waals surface area contributed by atoms with E-state index in [-0.39, 0.29) is 0 Å². The van der Waals surface area contributed by atoms with Crippen LogP contribution in [0.1, 0.15) is 38.7 Å². The van der Waals surface area contributed by atoms with Gasteiger partial charge in [-0.05, 0) is 50.8 Å². The molecule has 1 unspecified atom stereocenters. The van der Waals surface area contributed by atoms with E-state index in [1.54, 1.807) is 0 Å². The number of nitrogens with one attached hydrogen (secondary N) is 1. The fourth-order valence-corrected chi connectivity index (χ4v) is 2.62. The molecule has 1 aromatic carbocycles. The van der Waals surface area contributed by atoms with Crippen LogP contribution in [0.4, 0.5) is 5.69 Å². The molecule has 20 heavy (non-hydrogen) atoms. The molecule has 0 aliphatic carbocycles. The van der Waals surface area contributed by atoms with Crippen LogP contribution in [0.3, 0.4) is 0 Å². The molecule has 1 heterocycles. The molecule has 0 radical (unpaired) electrons. The molecule has 0 amide bonds. The van der Waals surface area contributed by atoms with Gasteiger partial charge in [0.05, 0.1) is 6.61 Å². The molecule has 0 aromatic heterocycles. The van der Waals surface area contributed by atoms with Crippen LogP contribution in [0.25, 0.3) is 0 Å². The summed E-state index contributed by atoms with van der Waals surface area (Å²) in [5.41, 5.74) is 2.71. The second kappa shape index (κ2) is 8.28. The van der Waals surface area contributed by atoms with Gasteiger partial charge in [-0.25, -0.2) is 0 Å². The number of hydrogen-bond acceptors (Lipinski definition) is 3. The quantitative estimate of drug-likeness (QED) is 0.828. The van der Waals surface area contributed by atoms with Gasteiger partial charge in [0.2, 0.25) is 0 Å². The van der Waals surface area contributed by atoms with Crippen LogP contribution in [0.2, 0.25) is 0 Å². The zero-order valence-corrected chi connectivity index (χ0v) is 12.9. The maximum atomic E-state index is 5.41. The summed E-state index contributed by atoms with van der Waals surface area (Å²) in [7, 11) is 0. The van der Waals surface area contributed by atoms with Crippen LogP contribution in [0, 0.1) is 0 Å². The minimum absolute atomic E-state index is 0.400. The van der Waals surface area contributed by atoms with Crippen molar-refractivity contribution in [1.29, 1.82) is 0 Å². The first kappa shape index (κ1) is 15.3. The predicted molar refractivity (Wildman–Crippen MR) is 85.3 cm³/mol. The Morgan fingerprint density at radius 2 is 1.85 bits per heavy atom. The molecule has 0 bridgehead atoms. The van der Waals surface area contributed by atoms with E-state index in [1.807, 2.05) is 6.92 Å². The predicted octanol–water partition coefficient (Wildman–Crippen LogP) is 3.19. The van der Waals surface area contributed by atoms with Crippen molar-refractivity contribution in [2.75, 3.05) is 31.2 Å². The topological polar surface area (TPSA) is 24.5 Å². The number of piperidine rings is 1. The summed E-state index contributed by atoms with van der Waals surface area (Å²) in [4.78, 5) is 2.50. The van der Waals surface area contributed by atoms with Crippen LogP contribution < -0.4 is 10.2 Å². The van der Waals surface area contributed by atoms with Gasteiger partial charge in [-0.15, -0.1) is 0 Å². The summed E-state index contributed by atoms with van der Waals surface area (Å²) < 4.78 is 5.41. The first-order valence-corrected chi connectivity index (χ1v) is 7.94. The monoisotopic (exact) mass is 276 g/mol. The Morgan fingerprint density at radius 1 is 1.15 bits per heavy atom. The van der Waals surface area contributed by atoms with Gasteiger partial charge in [-0.3, -0.25) is 0 Å². The highest BCUT2D eigenvalue weighted by Gasteiger charge is 2.10. The van der Waals surface area contributed by atoms with E-state index in [2.05, 4.69) is 41.4 Å². The highest BCUT2D eigenvalue weighted by Crippen LogP contribution is 2.20. The normalized spacial score (nSPS) is 17.2. The van der Waals surface area contributed by atoms with Gasteiger partial charge in [0.25, 0.3) is 0 Å². The van der Waals surface area contributed by atoms with Gasteiger partial charge in [0.15, 0.2) is 0 Å².